The molecular formula is C21H26N2O2. The number of benzene rings is 2. The third-order valence-corrected chi connectivity index (χ3v) is 4.68. The Bertz CT molecular complexity index is 713. The Kier molecular flexibility index (Phi) is 5.51. The van der Waals surface area contributed by atoms with E-state index in [-0.39, 0.29) is 11.4 Å². The minimum atomic E-state index is -0.112. The van der Waals surface area contributed by atoms with Gasteiger partial charge in [-0.25, -0.2) is 0 Å². The fourth-order valence-electron chi connectivity index (χ4n) is 3.16. The fraction of sp³-hybridized carbons (Fsp3) is 0.381. The van der Waals surface area contributed by atoms with E-state index in [2.05, 4.69) is 42.3 Å². The van der Waals surface area contributed by atoms with Gasteiger partial charge in [0.2, 0.25) is 5.91 Å². The molecule has 4 nitrogen and oxygen atoms in total. The molecule has 0 atom stereocenters. The normalized spacial score (nSPS) is 17.2. The summed E-state index contributed by atoms with van der Waals surface area (Å²) < 4.78 is 5.53. The Morgan fingerprint density at radius 2 is 1.84 bits per heavy atom. The quantitative estimate of drug-likeness (QED) is 0.909. The van der Waals surface area contributed by atoms with Crippen LogP contribution in [0.2, 0.25) is 0 Å². The van der Waals surface area contributed by atoms with Crippen molar-refractivity contribution >= 4 is 11.6 Å². The molecule has 0 radical (unpaired) electrons. The smallest absolute Gasteiger partial charge is 0.238 e. The average molecular weight is 338 g/mol. The zero-order valence-corrected chi connectivity index (χ0v) is 15.0. The molecule has 0 unspecified atom stereocenters. The number of para-hydroxylation sites is 1. The number of carbonyl (C=O) groups excluding carboxylic acids is 1. The summed E-state index contributed by atoms with van der Waals surface area (Å²) in [5, 5.41) is 3.09. The first kappa shape index (κ1) is 17.6. The molecule has 0 spiro atoms. The van der Waals surface area contributed by atoms with E-state index in [9.17, 15) is 4.79 Å². The summed E-state index contributed by atoms with van der Waals surface area (Å²) in [5.74, 6) is 0.0236. The summed E-state index contributed by atoms with van der Waals surface area (Å²) in [6.45, 7) is 6.74. The zero-order valence-electron chi connectivity index (χ0n) is 15.0. The topological polar surface area (TPSA) is 41.6 Å². The van der Waals surface area contributed by atoms with Crippen LogP contribution in [0.3, 0.4) is 0 Å². The van der Waals surface area contributed by atoms with Crippen molar-refractivity contribution in [1.82, 2.24) is 4.90 Å². The number of hydrogen-bond acceptors (Lipinski definition) is 3. The number of nitrogens with one attached hydrogen (secondary N) is 1. The highest BCUT2D eigenvalue weighted by Gasteiger charge is 2.31. The van der Waals surface area contributed by atoms with E-state index < -0.39 is 0 Å². The lowest BCUT2D eigenvalue weighted by molar-refractivity contribution is -0.122. The summed E-state index contributed by atoms with van der Waals surface area (Å²) in [5.41, 5.74) is 3.14. The highest BCUT2D eigenvalue weighted by Crippen LogP contribution is 2.21. The van der Waals surface area contributed by atoms with Gasteiger partial charge in [0.15, 0.2) is 0 Å². The molecule has 1 aliphatic heterocycles. The zero-order chi connectivity index (χ0) is 17.7. The molecule has 2 aromatic carbocycles. The lowest BCUT2D eigenvalue weighted by Crippen LogP contribution is -2.55. The van der Waals surface area contributed by atoms with Gasteiger partial charge >= 0.3 is 0 Å². The summed E-state index contributed by atoms with van der Waals surface area (Å²) in [7, 11) is 0. The van der Waals surface area contributed by atoms with Gasteiger partial charge in [0.05, 0.1) is 19.8 Å². The van der Waals surface area contributed by atoms with Crippen molar-refractivity contribution < 1.29 is 9.53 Å². The molecule has 3 rings (SSSR count). The van der Waals surface area contributed by atoms with Gasteiger partial charge in [0, 0.05) is 17.8 Å². The van der Waals surface area contributed by atoms with E-state index >= 15 is 0 Å². The highest BCUT2D eigenvalue weighted by atomic mass is 16.5. The Morgan fingerprint density at radius 3 is 2.60 bits per heavy atom. The van der Waals surface area contributed by atoms with E-state index in [0.717, 1.165) is 24.2 Å². The molecule has 0 aliphatic carbocycles. The van der Waals surface area contributed by atoms with Crippen molar-refractivity contribution in [2.24, 2.45) is 0 Å². The van der Waals surface area contributed by atoms with Gasteiger partial charge < -0.3 is 10.1 Å². The van der Waals surface area contributed by atoms with Crippen LogP contribution < -0.4 is 5.32 Å². The number of carbonyl (C=O) groups is 1. The number of anilines is 1. The molecule has 1 amide bonds. The monoisotopic (exact) mass is 338 g/mol. The largest absolute Gasteiger partial charge is 0.378 e. The van der Waals surface area contributed by atoms with Crippen LogP contribution in [-0.4, -0.2) is 42.6 Å². The Labute approximate surface area is 149 Å². The molecule has 2 aromatic rings. The number of rotatable bonds is 5. The third-order valence-electron chi connectivity index (χ3n) is 4.68. The van der Waals surface area contributed by atoms with Crippen LogP contribution in [0.1, 0.15) is 25.0 Å². The van der Waals surface area contributed by atoms with Crippen LogP contribution in [0.5, 0.6) is 0 Å². The van der Waals surface area contributed by atoms with Crippen molar-refractivity contribution in [2.75, 3.05) is 31.6 Å². The van der Waals surface area contributed by atoms with Crippen molar-refractivity contribution in [3.05, 3.63) is 65.7 Å². The van der Waals surface area contributed by atoms with Gasteiger partial charge in [-0.3, -0.25) is 9.69 Å². The van der Waals surface area contributed by atoms with Gasteiger partial charge in [-0.15, -0.1) is 0 Å². The maximum atomic E-state index is 12.6. The van der Waals surface area contributed by atoms with Crippen molar-refractivity contribution in [1.29, 1.82) is 0 Å². The molecule has 1 heterocycles. The lowest BCUT2D eigenvalue weighted by atomic mass is 10.0. The van der Waals surface area contributed by atoms with Crippen molar-refractivity contribution in [3.8, 4) is 0 Å². The molecular weight excluding hydrogens is 312 g/mol. The Hall–Kier alpha value is -2.17. The van der Waals surface area contributed by atoms with Crippen LogP contribution in [-0.2, 0) is 16.0 Å². The first-order valence-corrected chi connectivity index (χ1v) is 8.79. The van der Waals surface area contributed by atoms with Gasteiger partial charge in [-0.1, -0.05) is 48.5 Å². The van der Waals surface area contributed by atoms with E-state index in [1.54, 1.807) is 0 Å². The van der Waals surface area contributed by atoms with E-state index in [1.807, 2.05) is 36.4 Å². The van der Waals surface area contributed by atoms with Crippen LogP contribution in [0.15, 0.2) is 54.6 Å². The van der Waals surface area contributed by atoms with Crippen LogP contribution in [0, 0.1) is 0 Å². The summed E-state index contributed by atoms with van der Waals surface area (Å²) in [4.78, 5) is 14.8. The summed E-state index contributed by atoms with van der Waals surface area (Å²) in [6.07, 6.45) is 0.806. The van der Waals surface area contributed by atoms with Gasteiger partial charge in [0.1, 0.15) is 0 Å². The van der Waals surface area contributed by atoms with Crippen molar-refractivity contribution in [3.63, 3.8) is 0 Å². The first-order valence-electron chi connectivity index (χ1n) is 8.79. The number of nitrogens with zero attached hydrogens (tertiary/aromatic N) is 1. The van der Waals surface area contributed by atoms with Crippen LogP contribution in [0.4, 0.5) is 5.69 Å². The molecule has 0 saturated carbocycles. The second-order valence-corrected chi connectivity index (χ2v) is 7.15. The first-order chi connectivity index (χ1) is 12.0. The van der Waals surface area contributed by atoms with Crippen LogP contribution >= 0.6 is 0 Å². The molecule has 1 aliphatic rings. The SMILES string of the molecule is CC1(C)COCCN1CC(=O)Nc1ccccc1Cc1ccccc1. The van der Waals surface area contributed by atoms with Crippen LogP contribution in [0.25, 0.3) is 0 Å². The van der Waals surface area contributed by atoms with Gasteiger partial charge in [-0.05, 0) is 37.5 Å². The number of hydrogen-bond donors (Lipinski definition) is 1. The Balaban J connectivity index is 1.67. The maximum Gasteiger partial charge on any atom is 0.238 e. The predicted octanol–water partition coefficient (Wildman–Crippen LogP) is 3.33. The van der Waals surface area contributed by atoms with E-state index in [0.29, 0.717) is 19.8 Å². The second-order valence-electron chi connectivity index (χ2n) is 7.15. The molecule has 0 bridgehead atoms. The highest BCUT2D eigenvalue weighted by molar-refractivity contribution is 5.93. The van der Waals surface area contributed by atoms with E-state index in [1.165, 1.54) is 5.56 Å². The second kappa shape index (κ2) is 7.81. The van der Waals surface area contributed by atoms with Crippen molar-refractivity contribution in [2.45, 2.75) is 25.8 Å². The maximum absolute atomic E-state index is 12.6. The number of morpholine rings is 1. The summed E-state index contributed by atoms with van der Waals surface area (Å²) >= 11 is 0. The summed E-state index contributed by atoms with van der Waals surface area (Å²) in [6, 6.07) is 18.3. The minimum absolute atomic E-state index is 0.0236. The van der Waals surface area contributed by atoms with Gasteiger partial charge in [-0.2, -0.15) is 0 Å². The standard InChI is InChI=1S/C21H26N2O2/c1-21(2)16-25-13-12-23(21)15-20(24)22-19-11-7-6-10-18(19)14-17-8-4-3-5-9-17/h3-11H,12-16H2,1-2H3,(H,22,24). The molecule has 1 fully saturated rings. The average Bonchev–Trinajstić information content (AvgIpc) is 2.59. The molecule has 132 valence electrons. The number of amides is 1. The Morgan fingerprint density at radius 1 is 1.12 bits per heavy atom. The predicted molar refractivity (Wildman–Crippen MR) is 101 cm³/mol. The molecule has 1 saturated heterocycles. The molecule has 0 aromatic heterocycles. The van der Waals surface area contributed by atoms with E-state index in [4.69, 9.17) is 4.74 Å². The fourth-order valence-corrected chi connectivity index (χ4v) is 3.16. The third kappa shape index (κ3) is 4.68. The van der Waals surface area contributed by atoms with Gasteiger partial charge in [0.25, 0.3) is 0 Å². The lowest BCUT2D eigenvalue weighted by Gasteiger charge is -2.41. The minimum Gasteiger partial charge on any atom is -0.378 e. The molecule has 1 N–H and O–H groups in total. The molecule has 25 heavy (non-hydrogen) atoms. The molecule has 4 heteroatoms. The number of ether oxygens (including phenoxy) is 1.